The van der Waals surface area contributed by atoms with Gasteiger partial charge in [0.25, 0.3) is 0 Å². The van der Waals surface area contributed by atoms with E-state index in [1.807, 2.05) is 6.07 Å². The summed E-state index contributed by atoms with van der Waals surface area (Å²) in [6.07, 6.45) is 9.24. The number of hydrogen-bond acceptors (Lipinski definition) is 3. The maximum absolute atomic E-state index is 12.8. The molecule has 29 heavy (non-hydrogen) atoms. The number of aromatic nitrogens is 1. The van der Waals surface area contributed by atoms with Crippen molar-refractivity contribution in [2.75, 3.05) is 20.2 Å². The summed E-state index contributed by atoms with van der Waals surface area (Å²) in [6, 6.07) is 6.53. The van der Waals surface area contributed by atoms with Gasteiger partial charge >= 0.3 is 0 Å². The van der Waals surface area contributed by atoms with E-state index < -0.39 is 0 Å². The molecule has 2 aromatic rings. The van der Waals surface area contributed by atoms with Crippen molar-refractivity contribution in [2.45, 2.75) is 70.4 Å². The molecule has 4 rings (SSSR count). The zero-order valence-corrected chi connectivity index (χ0v) is 18.0. The second-order valence-electron chi connectivity index (χ2n) is 9.02. The molecular formula is C24H35N3O2. The second kappa shape index (κ2) is 8.78. The zero-order chi connectivity index (χ0) is 20.4. The molecule has 2 N–H and O–H groups in total. The van der Waals surface area contributed by atoms with Crippen LogP contribution in [0.25, 0.3) is 10.9 Å². The number of rotatable bonds is 5. The van der Waals surface area contributed by atoms with Crippen molar-refractivity contribution >= 4 is 16.8 Å². The topological polar surface area (TPSA) is 57.4 Å². The Kier molecular flexibility index (Phi) is 6.14. The van der Waals surface area contributed by atoms with Crippen LogP contribution in [-0.2, 0) is 4.79 Å². The van der Waals surface area contributed by atoms with E-state index in [2.05, 4.69) is 47.4 Å². The van der Waals surface area contributed by atoms with E-state index in [1.165, 1.54) is 30.2 Å². The second-order valence-corrected chi connectivity index (χ2v) is 9.02. The number of methoxy groups -OCH3 is 1. The van der Waals surface area contributed by atoms with Crippen LogP contribution in [0.4, 0.5) is 0 Å². The molecule has 3 atom stereocenters. The van der Waals surface area contributed by atoms with E-state index >= 15 is 0 Å². The average Bonchev–Trinajstić information content (AvgIpc) is 3.18. The summed E-state index contributed by atoms with van der Waals surface area (Å²) in [6.45, 7) is 6.28. The Labute approximate surface area is 174 Å². The minimum Gasteiger partial charge on any atom is -0.497 e. The molecule has 3 unspecified atom stereocenters. The van der Waals surface area contributed by atoms with Gasteiger partial charge in [-0.15, -0.1) is 0 Å². The fraction of sp³-hybridized carbons (Fsp3) is 0.625. The molecule has 1 aliphatic carbocycles. The Morgan fingerprint density at radius 3 is 2.69 bits per heavy atom. The highest BCUT2D eigenvalue weighted by molar-refractivity contribution is 5.85. The van der Waals surface area contributed by atoms with Crippen LogP contribution in [0.3, 0.4) is 0 Å². The SMILES string of the molecule is COc1ccc2[nH]cc(C3CCN(C(C)C(=O)NC4CCCCC4C)CC3)c2c1. The number of fused-ring (bicyclic) bond motifs is 1. The molecule has 2 fully saturated rings. The monoisotopic (exact) mass is 397 g/mol. The molecule has 1 amide bonds. The quantitative estimate of drug-likeness (QED) is 0.784. The van der Waals surface area contributed by atoms with Gasteiger partial charge in [0.1, 0.15) is 5.75 Å². The largest absolute Gasteiger partial charge is 0.497 e. The number of carbonyl (C=O) groups excluding carboxylic acids is 1. The summed E-state index contributed by atoms with van der Waals surface area (Å²) in [5.74, 6) is 2.24. The lowest BCUT2D eigenvalue weighted by molar-refractivity contribution is -0.127. The van der Waals surface area contributed by atoms with Crippen LogP contribution in [0.15, 0.2) is 24.4 Å². The first kappa shape index (κ1) is 20.3. The number of piperidine rings is 1. The Morgan fingerprint density at radius 2 is 1.97 bits per heavy atom. The molecule has 5 nitrogen and oxygen atoms in total. The van der Waals surface area contributed by atoms with Crippen LogP contribution in [-0.4, -0.2) is 48.1 Å². The van der Waals surface area contributed by atoms with Gasteiger partial charge in [0, 0.05) is 23.1 Å². The molecule has 1 aromatic heterocycles. The zero-order valence-electron chi connectivity index (χ0n) is 18.0. The van der Waals surface area contributed by atoms with Crippen LogP contribution in [0, 0.1) is 5.92 Å². The van der Waals surface area contributed by atoms with E-state index in [1.54, 1.807) is 7.11 Å². The molecule has 0 spiro atoms. The van der Waals surface area contributed by atoms with Gasteiger partial charge < -0.3 is 15.0 Å². The fourth-order valence-electron chi connectivity index (χ4n) is 5.18. The average molecular weight is 398 g/mol. The van der Waals surface area contributed by atoms with Crippen LogP contribution in [0.5, 0.6) is 5.75 Å². The van der Waals surface area contributed by atoms with Crippen LogP contribution < -0.4 is 10.1 Å². The number of nitrogens with one attached hydrogen (secondary N) is 2. The summed E-state index contributed by atoms with van der Waals surface area (Å²) < 4.78 is 5.41. The Bertz CT molecular complexity index is 838. The van der Waals surface area contributed by atoms with E-state index in [-0.39, 0.29) is 11.9 Å². The summed E-state index contributed by atoms with van der Waals surface area (Å²) in [4.78, 5) is 18.6. The summed E-state index contributed by atoms with van der Waals surface area (Å²) in [7, 11) is 1.71. The molecule has 1 aromatic carbocycles. The lowest BCUT2D eigenvalue weighted by Crippen LogP contribution is -2.52. The molecule has 2 heterocycles. The van der Waals surface area contributed by atoms with Gasteiger partial charge in [-0.05, 0) is 81.3 Å². The van der Waals surface area contributed by atoms with Crippen molar-refractivity contribution in [2.24, 2.45) is 5.92 Å². The third-order valence-electron chi connectivity index (χ3n) is 7.26. The van der Waals surface area contributed by atoms with Crippen LogP contribution >= 0.6 is 0 Å². The van der Waals surface area contributed by atoms with Crippen molar-refractivity contribution in [1.29, 1.82) is 0 Å². The van der Waals surface area contributed by atoms with Gasteiger partial charge in [-0.2, -0.15) is 0 Å². The van der Waals surface area contributed by atoms with Gasteiger partial charge in [-0.25, -0.2) is 0 Å². The molecule has 1 saturated carbocycles. The molecule has 0 radical (unpaired) electrons. The van der Waals surface area contributed by atoms with E-state index in [9.17, 15) is 4.79 Å². The molecule has 5 heteroatoms. The molecule has 0 bridgehead atoms. The lowest BCUT2D eigenvalue weighted by Gasteiger charge is -2.37. The third-order valence-corrected chi connectivity index (χ3v) is 7.26. The number of hydrogen-bond donors (Lipinski definition) is 2. The number of nitrogens with zero attached hydrogens (tertiary/aromatic N) is 1. The minimum atomic E-state index is -0.0480. The number of H-pyrrole nitrogens is 1. The maximum Gasteiger partial charge on any atom is 0.237 e. The first-order valence-electron chi connectivity index (χ1n) is 11.3. The highest BCUT2D eigenvalue weighted by Gasteiger charge is 2.30. The minimum absolute atomic E-state index is 0.0480. The first-order chi connectivity index (χ1) is 14.1. The summed E-state index contributed by atoms with van der Waals surface area (Å²) >= 11 is 0. The smallest absolute Gasteiger partial charge is 0.237 e. The van der Waals surface area contributed by atoms with E-state index in [0.29, 0.717) is 17.9 Å². The lowest BCUT2D eigenvalue weighted by atomic mass is 9.85. The van der Waals surface area contributed by atoms with Crippen molar-refractivity contribution in [1.82, 2.24) is 15.2 Å². The molecular weight excluding hydrogens is 362 g/mol. The normalized spacial score (nSPS) is 25.1. The number of ether oxygens (including phenoxy) is 1. The van der Waals surface area contributed by atoms with Crippen LogP contribution in [0.2, 0.25) is 0 Å². The standard InChI is InChI=1S/C24H35N3O2/c1-16-6-4-5-7-22(16)26-24(28)17(2)27-12-10-18(11-13-27)21-15-25-23-9-8-19(29-3)14-20(21)23/h8-9,14-18,22,25H,4-7,10-13H2,1-3H3,(H,26,28). The van der Waals surface area contributed by atoms with Gasteiger partial charge in [0.15, 0.2) is 0 Å². The molecule has 1 aliphatic heterocycles. The molecule has 158 valence electrons. The predicted molar refractivity (Wildman–Crippen MR) is 117 cm³/mol. The van der Waals surface area contributed by atoms with Crippen molar-refractivity contribution in [3.63, 3.8) is 0 Å². The molecule has 2 aliphatic rings. The highest BCUT2D eigenvalue weighted by atomic mass is 16.5. The van der Waals surface area contributed by atoms with Gasteiger partial charge in [-0.1, -0.05) is 19.8 Å². The number of amides is 1. The molecule has 1 saturated heterocycles. The summed E-state index contributed by atoms with van der Waals surface area (Å²) in [5.41, 5.74) is 2.55. The van der Waals surface area contributed by atoms with Gasteiger partial charge in [-0.3, -0.25) is 9.69 Å². The number of benzene rings is 1. The first-order valence-corrected chi connectivity index (χ1v) is 11.3. The maximum atomic E-state index is 12.8. The highest BCUT2D eigenvalue weighted by Crippen LogP contribution is 2.35. The number of carbonyl (C=O) groups is 1. The van der Waals surface area contributed by atoms with Gasteiger partial charge in [0.05, 0.1) is 13.2 Å². The Hall–Kier alpha value is -2.01. The third kappa shape index (κ3) is 4.30. The van der Waals surface area contributed by atoms with E-state index in [0.717, 1.165) is 43.6 Å². The Morgan fingerprint density at radius 1 is 1.21 bits per heavy atom. The van der Waals surface area contributed by atoms with Crippen molar-refractivity contribution < 1.29 is 9.53 Å². The fourth-order valence-corrected chi connectivity index (χ4v) is 5.18. The van der Waals surface area contributed by atoms with Crippen molar-refractivity contribution in [3.8, 4) is 5.75 Å². The summed E-state index contributed by atoms with van der Waals surface area (Å²) in [5, 5.41) is 4.61. The number of likely N-dealkylation sites (tertiary alicyclic amines) is 1. The van der Waals surface area contributed by atoms with E-state index in [4.69, 9.17) is 4.74 Å². The van der Waals surface area contributed by atoms with Gasteiger partial charge in [0.2, 0.25) is 5.91 Å². The Balaban J connectivity index is 1.36. The predicted octanol–water partition coefficient (Wildman–Crippen LogP) is 4.44. The number of aromatic amines is 1. The van der Waals surface area contributed by atoms with Crippen LogP contribution in [0.1, 0.15) is 63.9 Å². The van der Waals surface area contributed by atoms with Crippen molar-refractivity contribution in [3.05, 3.63) is 30.0 Å².